The van der Waals surface area contributed by atoms with Crippen molar-refractivity contribution in [2.75, 3.05) is 26.2 Å². The molecule has 0 unspecified atom stereocenters. The van der Waals surface area contributed by atoms with Crippen LogP contribution >= 0.6 is 0 Å². The maximum Gasteiger partial charge on any atom is 0.416 e. The van der Waals surface area contributed by atoms with Crippen LogP contribution in [0.2, 0.25) is 0 Å². The smallest absolute Gasteiger partial charge is 0.336 e. The van der Waals surface area contributed by atoms with Crippen LogP contribution in [0.1, 0.15) is 15.9 Å². The molecule has 0 N–H and O–H groups in total. The van der Waals surface area contributed by atoms with Gasteiger partial charge in [-0.15, -0.1) is 0 Å². The second-order valence-corrected chi connectivity index (χ2v) is 8.16. The highest BCUT2D eigenvalue weighted by Gasteiger charge is 2.33. The van der Waals surface area contributed by atoms with Gasteiger partial charge in [-0.25, -0.2) is 12.8 Å². The highest BCUT2D eigenvalue weighted by atomic mass is 32.2. The van der Waals surface area contributed by atoms with Crippen LogP contribution in [0, 0.1) is 5.82 Å². The predicted octanol–water partition coefficient (Wildman–Crippen LogP) is 2.99. The fraction of sp³-hybridized carbons (Fsp3) is 0.278. The van der Waals surface area contributed by atoms with Crippen LogP contribution in [0.4, 0.5) is 17.6 Å². The molecule has 2 aromatic carbocycles. The van der Waals surface area contributed by atoms with Crippen LogP contribution in [0.25, 0.3) is 0 Å². The molecule has 150 valence electrons. The summed E-state index contributed by atoms with van der Waals surface area (Å²) in [5, 5.41) is 0. The molecule has 1 fully saturated rings. The summed E-state index contributed by atoms with van der Waals surface area (Å²) in [5.41, 5.74) is -0.637. The van der Waals surface area contributed by atoms with Crippen molar-refractivity contribution in [3.63, 3.8) is 0 Å². The Labute approximate surface area is 159 Å². The molecule has 5 nitrogen and oxygen atoms in total. The van der Waals surface area contributed by atoms with Crippen molar-refractivity contribution in [1.29, 1.82) is 0 Å². The lowest BCUT2D eigenvalue weighted by atomic mass is 10.2. The number of alkyl halides is 3. The van der Waals surface area contributed by atoms with E-state index in [9.17, 15) is 30.8 Å². The number of rotatable bonds is 3. The number of carbonyl (C=O) groups excluding carboxylic acids is 1. The molecule has 3 rings (SSSR count). The van der Waals surface area contributed by atoms with Crippen LogP contribution in [-0.4, -0.2) is 49.7 Å². The Bertz CT molecular complexity index is 950. The summed E-state index contributed by atoms with van der Waals surface area (Å²) in [6, 6.07) is 8.33. The van der Waals surface area contributed by atoms with Gasteiger partial charge in [0.15, 0.2) is 0 Å². The minimum Gasteiger partial charge on any atom is -0.336 e. The van der Waals surface area contributed by atoms with Gasteiger partial charge in [-0.05, 0) is 48.5 Å². The van der Waals surface area contributed by atoms with Crippen molar-refractivity contribution in [2.45, 2.75) is 11.1 Å². The molecule has 1 aliphatic heterocycles. The van der Waals surface area contributed by atoms with Crippen molar-refractivity contribution in [1.82, 2.24) is 9.21 Å². The van der Waals surface area contributed by atoms with E-state index < -0.39 is 27.6 Å². The second-order valence-electron chi connectivity index (χ2n) is 6.23. The molecule has 0 spiro atoms. The maximum absolute atomic E-state index is 13.0. The number of piperazine rings is 1. The van der Waals surface area contributed by atoms with Gasteiger partial charge in [0.2, 0.25) is 10.0 Å². The lowest BCUT2D eigenvalue weighted by Crippen LogP contribution is -2.50. The zero-order valence-electron chi connectivity index (χ0n) is 14.5. The fourth-order valence-electron chi connectivity index (χ4n) is 2.87. The second kappa shape index (κ2) is 7.51. The standard InChI is InChI=1S/C18H16F4N2O3S/c19-15-5-1-13(2-6-15)17(25)23-9-11-24(12-10-23)28(26,27)16-7-3-14(4-8-16)18(20,21)22/h1-8H,9-12H2. The average molecular weight is 416 g/mol. The molecule has 10 heteroatoms. The zero-order chi connectivity index (χ0) is 20.5. The molecule has 1 saturated heterocycles. The van der Waals surface area contributed by atoms with Crippen molar-refractivity contribution in [3.05, 3.63) is 65.5 Å². The summed E-state index contributed by atoms with van der Waals surface area (Å²) in [5.74, 6) is -0.810. The average Bonchev–Trinajstić information content (AvgIpc) is 2.67. The number of nitrogens with zero attached hydrogens (tertiary/aromatic N) is 2. The van der Waals surface area contributed by atoms with Crippen LogP contribution in [0.3, 0.4) is 0 Å². The minimum absolute atomic E-state index is 0.0102. The molecule has 0 aromatic heterocycles. The number of carbonyl (C=O) groups is 1. The first kappa shape index (κ1) is 20.3. The van der Waals surface area contributed by atoms with E-state index in [0.717, 1.165) is 28.6 Å². The molecular weight excluding hydrogens is 400 g/mol. The Balaban J connectivity index is 1.68. The summed E-state index contributed by atoms with van der Waals surface area (Å²) < 4.78 is 77.3. The van der Waals surface area contributed by atoms with Gasteiger partial charge in [-0.1, -0.05) is 0 Å². The van der Waals surface area contributed by atoms with Crippen molar-refractivity contribution in [3.8, 4) is 0 Å². The Morgan fingerprint density at radius 2 is 1.39 bits per heavy atom. The molecule has 0 radical (unpaired) electrons. The van der Waals surface area contributed by atoms with Gasteiger partial charge in [0.1, 0.15) is 5.82 Å². The van der Waals surface area contributed by atoms with Crippen LogP contribution in [0.15, 0.2) is 53.4 Å². The lowest BCUT2D eigenvalue weighted by Gasteiger charge is -2.34. The normalized spacial score (nSPS) is 16.2. The summed E-state index contributed by atoms with van der Waals surface area (Å²) in [6.07, 6.45) is -4.55. The van der Waals surface area contributed by atoms with Crippen molar-refractivity contribution < 1.29 is 30.8 Å². The topological polar surface area (TPSA) is 57.7 Å². The van der Waals surface area contributed by atoms with E-state index in [1.165, 1.54) is 29.2 Å². The first-order valence-corrected chi connectivity index (χ1v) is 9.75. The van der Waals surface area contributed by atoms with Gasteiger partial charge < -0.3 is 4.90 Å². The SMILES string of the molecule is O=C(c1ccc(F)cc1)N1CCN(S(=O)(=O)c2ccc(C(F)(F)F)cc2)CC1. The number of halogens is 4. The maximum atomic E-state index is 13.0. The van der Waals surface area contributed by atoms with E-state index in [1.807, 2.05) is 0 Å². The molecular formula is C18H16F4N2O3S. The molecule has 1 aliphatic rings. The van der Waals surface area contributed by atoms with Crippen LogP contribution in [0.5, 0.6) is 0 Å². The molecule has 0 atom stereocenters. The third-order valence-corrected chi connectivity index (χ3v) is 6.35. The number of amides is 1. The van der Waals surface area contributed by atoms with Crippen LogP contribution in [-0.2, 0) is 16.2 Å². The van der Waals surface area contributed by atoms with E-state index in [4.69, 9.17) is 0 Å². The highest BCUT2D eigenvalue weighted by molar-refractivity contribution is 7.89. The van der Waals surface area contributed by atoms with E-state index in [1.54, 1.807) is 0 Å². The molecule has 28 heavy (non-hydrogen) atoms. The van der Waals surface area contributed by atoms with E-state index in [2.05, 4.69) is 0 Å². The predicted molar refractivity (Wildman–Crippen MR) is 92.5 cm³/mol. The Kier molecular flexibility index (Phi) is 5.44. The van der Waals surface area contributed by atoms with E-state index in [0.29, 0.717) is 5.56 Å². The van der Waals surface area contributed by atoms with Crippen molar-refractivity contribution >= 4 is 15.9 Å². The van der Waals surface area contributed by atoms with Gasteiger partial charge in [0, 0.05) is 31.7 Å². The van der Waals surface area contributed by atoms with Gasteiger partial charge in [-0.3, -0.25) is 4.79 Å². The van der Waals surface area contributed by atoms with E-state index >= 15 is 0 Å². The molecule has 0 bridgehead atoms. The zero-order valence-corrected chi connectivity index (χ0v) is 15.3. The molecule has 1 amide bonds. The summed E-state index contributed by atoms with van der Waals surface area (Å²) >= 11 is 0. The summed E-state index contributed by atoms with van der Waals surface area (Å²) in [6.45, 7) is 0.263. The monoisotopic (exact) mass is 416 g/mol. The molecule has 1 heterocycles. The number of benzene rings is 2. The van der Waals surface area contributed by atoms with E-state index in [-0.39, 0.29) is 37.0 Å². The lowest BCUT2D eigenvalue weighted by molar-refractivity contribution is -0.137. The summed E-state index contributed by atoms with van der Waals surface area (Å²) in [4.78, 5) is 13.6. The third-order valence-electron chi connectivity index (χ3n) is 4.44. The van der Waals surface area contributed by atoms with Crippen LogP contribution < -0.4 is 0 Å². The van der Waals surface area contributed by atoms with Gasteiger partial charge in [0.25, 0.3) is 5.91 Å². The number of hydrogen-bond acceptors (Lipinski definition) is 3. The first-order valence-electron chi connectivity index (χ1n) is 8.31. The minimum atomic E-state index is -4.55. The quantitative estimate of drug-likeness (QED) is 0.723. The Morgan fingerprint density at radius 3 is 1.89 bits per heavy atom. The van der Waals surface area contributed by atoms with Crippen molar-refractivity contribution in [2.24, 2.45) is 0 Å². The molecule has 0 saturated carbocycles. The number of hydrogen-bond donors (Lipinski definition) is 0. The largest absolute Gasteiger partial charge is 0.416 e. The van der Waals surface area contributed by atoms with Gasteiger partial charge in [0.05, 0.1) is 10.5 Å². The highest BCUT2D eigenvalue weighted by Crippen LogP contribution is 2.30. The fourth-order valence-corrected chi connectivity index (χ4v) is 4.29. The third kappa shape index (κ3) is 4.17. The molecule has 2 aromatic rings. The Hall–Kier alpha value is -2.46. The Morgan fingerprint density at radius 1 is 0.857 bits per heavy atom. The van der Waals surface area contributed by atoms with Gasteiger partial charge in [-0.2, -0.15) is 17.5 Å². The summed E-state index contributed by atoms with van der Waals surface area (Å²) in [7, 11) is -3.97. The first-order chi connectivity index (χ1) is 13.1. The van der Waals surface area contributed by atoms with Gasteiger partial charge >= 0.3 is 6.18 Å². The molecule has 0 aliphatic carbocycles. The number of sulfonamides is 1.